The molecule has 52 valence electrons. The molecular weight excluding hydrogens is 130 g/mol. The highest BCUT2D eigenvalue weighted by Gasteiger charge is 1.94. The van der Waals surface area contributed by atoms with E-state index >= 15 is 0 Å². The largest absolute Gasteiger partial charge is 0.504 e. The topological polar surface area (TPSA) is 64.2 Å². The molecule has 0 aliphatic carbocycles. The third-order valence-electron chi connectivity index (χ3n) is 0.739. The highest BCUT2D eigenvalue weighted by atomic mass is 16.3. The zero-order chi connectivity index (χ0) is 7.98. The van der Waals surface area contributed by atoms with Gasteiger partial charge in [0, 0.05) is 0 Å². The lowest BCUT2D eigenvalue weighted by Gasteiger charge is -1.87. The van der Waals surface area contributed by atoms with Crippen LogP contribution in [0.3, 0.4) is 0 Å². The Morgan fingerprint density at radius 1 is 1.50 bits per heavy atom. The Balaban J connectivity index is 4.36. The molecule has 0 aromatic rings. The number of allylic oxidation sites excluding steroid dienone is 4. The number of nitriles is 1. The molecule has 0 radical (unpaired) electrons. The maximum atomic E-state index is 8.72. The Labute approximate surface area is 58.8 Å². The molecule has 3 heteroatoms. The zero-order valence-electron chi connectivity index (χ0n) is 5.28. The fourth-order valence-electron chi connectivity index (χ4n) is 0.295. The molecule has 0 heterocycles. The van der Waals surface area contributed by atoms with Crippen LogP contribution in [0.1, 0.15) is 0 Å². The summed E-state index contributed by atoms with van der Waals surface area (Å²) in [6.45, 7) is 3.33. The molecule has 0 aliphatic heterocycles. The molecular formula is C7H7NO2. The van der Waals surface area contributed by atoms with Crippen molar-refractivity contribution in [2.24, 2.45) is 0 Å². The molecule has 2 N–H and O–H groups in total. The molecule has 10 heavy (non-hydrogen) atoms. The summed E-state index contributed by atoms with van der Waals surface area (Å²) in [7, 11) is 0. The van der Waals surface area contributed by atoms with Crippen LogP contribution < -0.4 is 0 Å². The van der Waals surface area contributed by atoms with Gasteiger partial charge in [-0.05, 0) is 6.08 Å². The van der Waals surface area contributed by atoms with Gasteiger partial charge in [-0.25, -0.2) is 0 Å². The quantitative estimate of drug-likeness (QED) is 0.263. The van der Waals surface area contributed by atoms with Gasteiger partial charge < -0.3 is 10.2 Å². The lowest BCUT2D eigenvalue weighted by atomic mass is 10.4. The van der Waals surface area contributed by atoms with E-state index in [1.165, 1.54) is 24.3 Å². The SMILES string of the molecule is C=CC=CC(O)=C(O)C#N. The Morgan fingerprint density at radius 2 is 2.10 bits per heavy atom. The number of rotatable bonds is 2. The van der Waals surface area contributed by atoms with Crippen LogP contribution in [0.25, 0.3) is 0 Å². The van der Waals surface area contributed by atoms with Crippen molar-refractivity contribution in [1.82, 2.24) is 0 Å². The summed E-state index contributed by atoms with van der Waals surface area (Å²) < 4.78 is 0. The van der Waals surface area contributed by atoms with E-state index in [-0.39, 0.29) is 0 Å². The van der Waals surface area contributed by atoms with Gasteiger partial charge in [0.05, 0.1) is 0 Å². The molecule has 0 bridgehead atoms. The standard InChI is InChI=1S/C7H7NO2/c1-2-3-4-6(9)7(10)5-8/h2-4,9-10H,1H2. The molecule has 0 unspecified atom stereocenters. The van der Waals surface area contributed by atoms with Gasteiger partial charge in [-0.3, -0.25) is 0 Å². The van der Waals surface area contributed by atoms with Crippen LogP contribution in [0.15, 0.2) is 36.3 Å². The summed E-state index contributed by atoms with van der Waals surface area (Å²) in [4.78, 5) is 0. The molecule has 3 nitrogen and oxygen atoms in total. The Kier molecular flexibility index (Phi) is 3.50. The fraction of sp³-hybridized carbons (Fsp3) is 0. The molecule has 0 spiro atoms. The van der Waals surface area contributed by atoms with Gasteiger partial charge in [-0.2, -0.15) is 5.26 Å². The minimum absolute atomic E-state index is 0.456. The number of aliphatic hydroxyl groups is 2. The van der Waals surface area contributed by atoms with Crippen molar-refractivity contribution in [3.63, 3.8) is 0 Å². The van der Waals surface area contributed by atoms with Crippen LogP contribution in [0.4, 0.5) is 0 Å². The van der Waals surface area contributed by atoms with Crippen LogP contribution >= 0.6 is 0 Å². The van der Waals surface area contributed by atoms with Crippen LogP contribution in [-0.2, 0) is 0 Å². The average molecular weight is 137 g/mol. The molecule has 0 rings (SSSR count). The molecule has 0 aliphatic rings. The third kappa shape index (κ3) is 2.58. The minimum Gasteiger partial charge on any atom is -0.504 e. The number of nitrogens with zero attached hydrogens (tertiary/aromatic N) is 1. The number of aliphatic hydroxyl groups excluding tert-OH is 2. The third-order valence-corrected chi connectivity index (χ3v) is 0.739. The lowest BCUT2D eigenvalue weighted by Crippen LogP contribution is -1.82. The van der Waals surface area contributed by atoms with E-state index in [2.05, 4.69) is 6.58 Å². The van der Waals surface area contributed by atoms with Gasteiger partial charge in [0.15, 0.2) is 5.76 Å². The van der Waals surface area contributed by atoms with Gasteiger partial charge >= 0.3 is 0 Å². The molecule has 0 aromatic heterocycles. The highest BCUT2D eigenvalue weighted by molar-refractivity contribution is 5.25. The first kappa shape index (κ1) is 8.31. The van der Waals surface area contributed by atoms with Gasteiger partial charge in [0.1, 0.15) is 6.07 Å². The summed E-state index contributed by atoms with van der Waals surface area (Å²) in [5, 5.41) is 25.3. The maximum absolute atomic E-state index is 8.72. The van der Waals surface area contributed by atoms with Gasteiger partial charge in [0.2, 0.25) is 5.76 Å². The fourth-order valence-corrected chi connectivity index (χ4v) is 0.295. The van der Waals surface area contributed by atoms with Crippen LogP contribution in [0, 0.1) is 11.3 Å². The van der Waals surface area contributed by atoms with Gasteiger partial charge in [-0.1, -0.05) is 18.7 Å². The number of hydrogen-bond acceptors (Lipinski definition) is 3. The van der Waals surface area contributed by atoms with E-state index in [0.29, 0.717) is 0 Å². The van der Waals surface area contributed by atoms with Crippen molar-refractivity contribution in [1.29, 1.82) is 5.26 Å². The molecule has 0 aromatic carbocycles. The molecule has 0 saturated carbocycles. The van der Waals surface area contributed by atoms with Gasteiger partial charge in [-0.15, -0.1) is 0 Å². The molecule has 0 saturated heterocycles. The van der Waals surface area contributed by atoms with Crippen LogP contribution in [-0.4, -0.2) is 10.2 Å². The van der Waals surface area contributed by atoms with Crippen molar-refractivity contribution in [3.05, 3.63) is 36.3 Å². The first-order valence-electron chi connectivity index (χ1n) is 2.53. The summed E-state index contributed by atoms with van der Waals surface area (Å²) in [5.74, 6) is -1.15. The van der Waals surface area contributed by atoms with E-state index in [1.807, 2.05) is 0 Å². The summed E-state index contributed by atoms with van der Waals surface area (Å²) in [5.41, 5.74) is 0. The van der Waals surface area contributed by atoms with E-state index in [9.17, 15) is 0 Å². The second kappa shape index (κ2) is 4.21. The summed E-state index contributed by atoms with van der Waals surface area (Å²) in [6, 6.07) is 1.37. The predicted molar refractivity (Wildman–Crippen MR) is 37.2 cm³/mol. The summed E-state index contributed by atoms with van der Waals surface area (Å²) in [6.07, 6.45) is 4.00. The first-order valence-corrected chi connectivity index (χ1v) is 2.53. The number of hydrogen-bond donors (Lipinski definition) is 2. The second-order valence-electron chi connectivity index (χ2n) is 1.44. The first-order chi connectivity index (χ1) is 4.72. The molecule has 0 atom stereocenters. The van der Waals surface area contributed by atoms with Crippen molar-refractivity contribution in [2.75, 3.05) is 0 Å². The van der Waals surface area contributed by atoms with Gasteiger partial charge in [0.25, 0.3) is 0 Å². The predicted octanol–water partition coefficient (Wildman–Crippen LogP) is 1.58. The Hall–Kier alpha value is -1.69. The van der Waals surface area contributed by atoms with Crippen molar-refractivity contribution >= 4 is 0 Å². The van der Waals surface area contributed by atoms with E-state index < -0.39 is 11.5 Å². The van der Waals surface area contributed by atoms with Crippen LogP contribution in [0.5, 0.6) is 0 Å². The van der Waals surface area contributed by atoms with E-state index in [0.717, 1.165) is 0 Å². The normalized spacial score (nSPS) is 12.3. The second-order valence-corrected chi connectivity index (χ2v) is 1.44. The van der Waals surface area contributed by atoms with Crippen molar-refractivity contribution in [3.8, 4) is 6.07 Å². The lowest BCUT2D eigenvalue weighted by molar-refractivity contribution is 0.355. The van der Waals surface area contributed by atoms with Crippen molar-refractivity contribution < 1.29 is 10.2 Å². The van der Waals surface area contributed by atoms with E-state index in [1.54, 1.807) is 0 Å². The monoisotopic (exact) mass is 137 g/mol. The Bertz CT molecular complexity index is 220. The summed E-state index contributed by atoms with van der Waals surface area (Å²) >= 11 is 0. The highest BCUT2D eigenvalue weighted by Crippen LogP contribution is 1.96. The minimum atomic E-state index is -0.696. The maximum Gasteiger partial charge on any atom is 0.237 e. The smallest absolute Gasteiger partial charge is 0.237 e. The van der Waals surface area contributed by atoms with E-state index in [4.69, 9.17) is 15.5 Å². The molecule has 0 amide bonds. The zero-order valence-corrected chi connectivity index (χ0v) is 5.28. The van der Waals surface area contributed by atoms with Crippen molar-refractivity contribution in [2.45, 2.75) is 0 Å². The van der Waals surface area contributed by atoms with Crippen LogP contribution in [0.2, 0.25) is 0 Å². The Morgan fingerprint density at radius 3 is 2.50 bits per heavy atom. The molecule has 0 fully saturated rings. The average Bonchev–Trinajstić information content (AvgIpc) is 1.98.